The summed E-state index contributed by atoms with van der Waals surface area (Å²) < 4.78 is 5.36. The number of para-hydroxylation sites is 1. The molecule has 0 radical (unpaired) electrons. The van der Waals surface area contributed by atoms with Crippen LogP contribution in [-0.4, -0.2) is 17.1 Å². The Morgan fingerprint density at radius 3 is 2.52 bits per heavy atom. The van der Waals surface area contributed by atoms with Crippen LogP contribution in [0.25, 0.3) is 0 Å². The first-order valence-corrected chi connectivity index (χ1v) is 8.28. The minimum Gasteiger partial charge on any atom is -0.495 e. The summed E-state index contributed by atoms with van der Waals surface area (Å²) in [6.07, 6.45) is 1.66. The fraction of sp³-hybridized carbons (Fsp3) is 0.111. The molecule has 0 atom stereocenters. The SMILES string of the molecule is COc1cc(Cl)c(C)cc1Nc1nccc(Nc2ccccc2Cl)n1. The molecule has 2 N–H and O–H groups in total. The van der Waals surface area contributed by atoms with Crippen LogP contribution in [0.1, 0.15) is 5.56 Å². The second-order valence-electron chi connectivity index (χ2n) is 5.30. The van der Waals surface area contributed by atoms with Crippen LogP contribution in [-0.2, 0) is 0 Å². The number of hydrogen-bond donors (Lipinski definition) is 2. The summed E-state index contributed by atoms with van der Waals surface area (Å²) in [4.78, 5) is 8.69. The van der Waals surface area contributed by atoms with Crippen LogP contribution in [0, 0.1) is 6.92 Å². The van der Waals surface area contributed by atoms with Crippen molar-refractivity contribution in [3.05, 3.63) is 64.3 Å². The van der Waals surface area contributed by atoms with Crippen LogP contribution in [0.15, 0.2) is 48.7 Å². The van der Waals surface area contributed by atoms with Gasteiger partial charge in [0.25, 0.3) is 0 Å². The second-order valence-corrected chi connectivity index (χ2v) is 6.11. The van der Waals surface area contributed by atoms with E-state index in [0.717, 1.165) is 16.9 Å². The fourth-order valence-electron chi connectivity index (χ4n) is 2.24. The minimum absolute atomic E-state index is 0.428. The predicted molar refractivity (Wildman–Crippen MR) is 103 cm³/mol. The number of rotatable bonds is 5. The molecular weight excluding hydrogens is 359 g/mol. The highest BCUT2D eigenvalue weighted by Crippen LogP contribution is 2.32. The highest BCUT2D eigenvalue weighted by molar-refractivity contribution is 6.33. The molecule has 0 aliphatic carbocycles. The number of benzene rings is 2. The van der Waals surface area contributed by atoms with Crippen LogP contribution in [0.2, 0.25) is 10.0 Å². The maximum Gasteiger partial charge on any atom is 0.229 e. The lowest BCUT2D eigenvalue weighted by atomic mass is 10.2. The molecule has 0 aliphatic heterocycles. The number of halogens is 2. The van der Waals surface area contributed by atoms with E-state index in [1.54, 1.807) is 25.4 Å². The highest BCUT2D eigenvalue weighted by Gasteiger charge is 2.09. The van der Waals surface area contributed by atoms with E-state index in [1.807, 2.05) is 37.3 Å². The number of ether oxygens (including phenoxy) is 1. The molecule has 0 spiro atoms. The predicted octanol–water partition coefficient (Wildman–Crippen LogP) is 5.59. The maximum atomic E-state index is 6.16. The van der Waals surface area contributed by atoms with Crippen LogP contribution >= 0.6 is 23.2 Å². The zero-order valence-corrected chi connectivity index (χ0v) is 15.2. The Hall–Kier alpha value is -2.50. The van der Waals surface area contributed by atoms with Gasteiger partial charge in [-0.05, 0) is 36.8 Å². The summed E-state index contributed by atoms with van der Waals surface area (Å²) in [5.74, 6) is 1.66. The summed E-state index contributed by atoms with van der Waals surface area (Å²) in [5.41, 5.74) is 2.43. The molecule has 3 aromatic rings. The van der Waals surface area contributed by atoms with Gasteiger partial charge in [-0.2, -0.15) is 4.98 Å². The van der Waals surface area contributed by atoms with Gasteiger partial charge < -0.3 is 15.4 Å². The van der Waals surface area contributed by atoms with Gasteiger partial charge in [-0.3, -0.25) is 0 Å². The standard InChI is InChI=1S/C18H16Cl2N4O/c1-11-9-15(16(25-2)10-13(11)20)23-18-21-8-7-17(24-18)22-14-6-4-3-5-12(14)19/h3-10H,1-2H3,(H2,21,22,23,24). The third-order valence-corrected chi connectivity index (χ3v) is 4.26. The molecule has 0 fully saturated rings. The van der Waals surface area contributed by atoms with Gasteiger partial charge in [-0.1, -0.05) is 35.3 Å². The van der Waals surface area contributed by atoms with Crippen molar-refractivity contribution in [3.63, 3.8) is 0 Å². The molecule has 0 bridgehead atoms. The number of methoxy groups -OCH3 is 1. The Morgan fingerprint density at radius 1 is 0.960 bits per heavy atom. The number of anilines is 4. The summed E-state index contributed by atoms with van der Waals surface area (Å²) >= 11 is 12.3. The first-order valence-electron chi connectivity index (χ1n) is 7.52. The Bertz CT molecular complexity index is 902. The third-order valence-electron chi connectivity index (χ3n) is 3.52. The largest absolute Gasteiger partial charge is 0.495 e. The van der Waals surface area contributed by atoms with Gasteiger partial charge in [-0.25, -0.2) is 4.98 Å². The van der Waals surface area contributed by atoms with Gasteiger partial charge in [0, 0.05) is 17.3 Å². The first-order chi connectivity index (χ1) is 12.1. The summed E-state index contributed by atoms with van der Waals surface area (Å²) in [7, 11) is 1.59. The van der Waals surface area contributed by atoms with Gasteiger partial charge >= 0.3 is 0 Å². The lowest BCUT2D eigenvalue weighted by Crippen LogP contribution is -2.02. The molecule has 7 heteroatoms. The van der Waals surface area contributed by atoms with Gasteiger partial charge in [0.1, 0.15) is 11.6 Å². The number of hydrogen-bond acceptors (Lipinski definition) is 5. The molecule has 0 unspecified atom stereocenters. The lowest BCUT2D eigenvalue weighted by molar-refractivity contribution is 0.416. The smallest absolute Gasteiger partial charge is 0.229 e. The number of aromatic nitrogens is 2. The van der Waals surface area contributed by atoms with E-state index >= 15 is 0 Å². The minimum atomic E-state index is 0.428. The average Bonchev–Trinajstić information content (AvgIpc) is 2.60. The third kappa shape index (κ3) is 4.13. The molecule has 0 aliphatic rings. The van der Waals surface area contributed by atoms with Crippen molar-refractivity contribution in [2.24, 2.45) is 0 Å². The molecule has 1 aromatic heterocycles. The van der Waals surface area contributed by atoms with E-state index in [4.69, 9.17) is 27.9 Å². The van der Waals surface area contributed by atoms with Crippen molar-refractivity contribution in [3.8, 4) is 5.75 Å². The summed E-state index contributed by atoms with van der Waals surface area (Å²) in [6.45, 7) is 1.92. The van der Waals surface area contributed by atoms with Crippen LogP contribution in [0.4, 0.5) is 23.1 Å². The molecule has 0 amide bonds. The number of nitrogens with one attached hydrogen (secondary N) is 2. The van der Waals surface area contributed by atoms with Crippen molar-refractivity contribution >= 4 is 46.3 Å². The number of nitrogens with zero attached hydrogens (tertiary/aromatic N) is 2. The Morgan fingerprint density at radius 2 is 1.76 bits per heavy atom. The highest BCUT2D eigenvalue weighted by atomic mass is 35.5. The van der Waals surface area contributed by atoms with Crippen molar-refractivity contribution in [1.29, 1.82) is 0 Å². The van der Waals surface area contributed by atoms with Crippen LogP contribution < -0.4 is 15.4 Å². The maximum absolute atomic E-state index is 6.16. The quantitative estimate of drug-likeness (QED) is 0.609. The van der Waals surface area contributed by atoms with E-state index in [9.17, 15) is 0 Å². The summed E-state index contributed by atoms with van der Waals surface area (Å²) in [6, 6.07) is 12.9. The molecule has 5 nitrogen and oxygen atoms in total. The molecule has 0 saturated heterocycles. The molecular formula is C18H16Cl2N4O. The molecule has 1 heterocycles. The van der Waals surface area contributed by atoms with E-state index in [2.05, 4.69) is 20.6 Å². The van der Waals surface area contributed by atoms with Crippen LogP contribution in [0.3, 0.4) is 0 Å². The number of aryl methyl sites for hydroxylation is 1. The van der Waals surface area contributed by atoms with E-state index in [1.165, 1.54) is 0 Å². The molecule has 3 rings (SSSR count). The Balaban J connectivity index is 1.85. The van der Waals surface area contributed by atoms with Crippen molar-refractivity contribution in [1.82, 2.24) is 9.97 Å². The van der Waals surface area contributed by atoms with E-state index in [-0.39, 0.29) is 0 Å². The van der Waals surface area contributed by atoms with Crippen LogP contribution in [0.5, 0.6) is 5.75 Å². The first kappa shape index (κ1) is 17.3. The Labute approximate surface area is 156 Å². The van der Waals surface area contributed by atoms with Gasteiger partial charge in [0.05, 0.1) is 23.5 Å². The van der Waals surface area contributed by atoms with E-state index < -0.39 is 0 Å². The monoisotopic (exact) mass is 374 g/mol. The molecule has 2 aromatic carbocycles. The molecule has 25 heavy (non-hydrogen) atoms. The van der Waals surface area contributed by atoms with Crippen molar-refractivity contribution in [2.75, 3.05) is 17.7 Å². The fourth-order valence-corrected chi connectivity index (χ4v) is 2.58. The normalized spacial score (nSPS) is 10.4. The van der Waals surface area contributed by atoms with Gasteiger partial charge in [0.15, 0.2) is 0 Å². The van der Waals surface area contributed by atoms with Crippen molar-refractivity contribution < 1.29 is 4.74 Å². The van der Waals surface area contributed by atoms with Gasteiger partial charge in [-0.15, -0.1) is 0 Å². The lowest BCUT2D eigenvalue weighted by Gasteiger charge is -2.13. The Kier molecular flexibility index (Phi) is 5.26. The van der Waals surface area contributed by atoms with Gasteiger partial charge in [0.2, 0.25) is 5.95 Å². The summed E-state index contributed by atoms with van der Waals surface area (Å²) in [5, 5.41) is 7.58. The molecule has 128 valence electrons. The topological polar surface area (TPSA) is 59.1 Å². The zero-order chi connectivity index (χ0) is 17.8. The zero-order valence-electron chi connectivity index (χ0n) is 13.7. The molecule has 0 saturated carbocycles. The van der Waals surface area contributed by atoms with Crippen molar-refractivity contribution in [2.45, 2.75) is 6.92 Å². The van der Waals surface area contributed by atoms with E-state index in [0.29, 0.717) is 27.6 Å². The average molecular weight is 375 g/mol. The second kappa shape index (κ2) is 7.59.